The first-order valence-corrected chi connectivity index (χ1v) is 7.79. The summed E-state index contributed by atoms with van der Waals surface area (Å²) in [6.45, 7) is 0.0748. The molecule has 1 aromatic carbocycles. The lowest BCUT2D eigenvalue weighted by Crippen LogP contribution is -2.49. The number of hydrogen-bond donors (Lipinski definition) is 0. The van der Waals surface area contributed by atoms with Crippen LogP contribution in [0.5, 0.6) is 0 Å². The van der Waals surface area contributed by atoms with Crippen LogP contribution in [-0.4, -0.2) is 39.2 Å². The fourth-order valence-electron chi connectivity index (χ4n) is 3.62. The van der Waals surface area contributed by atoms with Crippen molar-refractivity contribution in [1.82, 2.24) is 9.80 Å². The lowest BCUT2D eigenvalue weighted by molar-refractivity contribution is -0.384. The molecule has 1 saturated carbocycles. The van der Waals surface area contributed by atoms with E-state index in [4.69, 9.17) is 0 Å². The molecule has 2 aliphatic rings. The van der Waals surface area contributed by atoms with E-state index >= 15 is 0 Å². The SMILES string of the molecule is CN1C(=O)N(Cc2cccc([N+](=O)[O-])c2)C(=O)C12CCCCC2. The van der Waals surface area contributed by atoms with Crippen LogP contribution >= 0.6 is 0 Å². The number of benzene rings is 1. The van der Waals surface area contributed by atoms with Gasteiger partial charge in [-0.3, -0.25) is 19.8 Å². The molecule has 7 nitrogen and oxygen atoms in total. The molecule has 1 aliphatic carbocycles. The van der Waals surface area contributed by atoms with E-state index in [-0.39, 0.29) is 24.2 Å². The summed E-state index contributed by atoms with van der Waals surface area (Å²) >= 11 is 0. The molecule has 1 aliphatic heterocycles. The lowest BCUT2D eigenvalue weighted by Gasteiger charge is -2.35. The standard InChI is InChI=1S/C16H19N3O4/c1-17-15(21)18(14(20)16(17)8-3-2-4-9-16)11-12-6-5-7-13(10-12)19(22)23/h5-7,10H,2-4,8-9,11H2,1H3. The molecule has 0 bridgehead atoms. The summed E-state index contributed by atoms with van der Waals surface area (Å²) in [6, 6.07) is 5.75. The maximum absolute atomic E-state index is 12.9. The number of imide groups is 1. The smallest absolute Gasteiger partial charge is 0.313 e. The molecule has 1 aromatic rings. The molecule has 1 heterocycles. The zero-order valence-corrected chi connectivity index (χ0v) is 13.0. The van der Waals surface area contributed by atoms with Crippen LogP contribution in [0.15, 0.2) is 24.3 Å². The summed E-state index contributed by atoms with van der Waals surface area (Å²) < 4.78 is 0. The summed E-state index contributed by atoms with van der Waals surface area (Å²) in [5.74, 6) is -0.170. The number of nitro groups is 1. The van der Waals surface area contributed by atoms with Gasteiger partial charge in [-0.1, -0.05) is 31.4 Å². The second kappa shape index (κ2) is 5.64. The second-order valence-corrected chi connectivity index (χ2v) is 6.25. The molecule has 122 valence electrons. The van der Waals surface area contributed by atoms with Crippen LogP contribution in [0.1, 0.15) is 37.7 Å². The third-order valence-electron chi connectivity index (χ3n) is 4.95. The van der Waals surface area contributed by atoms with Gasteiger partial charge in [-0.2, -0.15) is 0 Å². The van der Waals surface area contributed by atoms with Gasteiger partial charge in [-0.25, -0.2) is 4.79 Å². The van der Waals surface area contributed by atoms with Crippen LogP contribution in [0.3, 0.4) is 0 Å². The van der Waals surface area contributed by atoms with E-state index in [9.17, 15) is 19.7 Å². The van der Waals surface area contributed by atoms with Gasteiger partial charge in [0.25, 0.3) is 11.6 Å². The summed E-state index contributed by atoms with van der Waals surface area (Å²) in [7, 11) is 1.68. The van der Waals surface area contributed by atoms with E-state index in [1.165, 1.54) is 17.0 Å². The van der Waals surface area contributed by atoms with Crippen LogP contribution in [0.25, 0.3) is 0 Å². The molecule has 0 N–H and O–H groups in total. The molecule has 0 unspecified atom stereocenters. The molecular formula is C16H19N3O4. The number of amides is 3. The average Bonchev–Trinajstić information content (AvgIpc) is 2.72. The number of rotatable bonds is 3. The Morgan fingerprint density at radius 1 is 1.22 bits per heavy atom. The number of urea groups is 1. The van der Waals surface area contributed by atoms with Crippen LogP contribution in [-0.2, 0) is 11.3 Å². The fourth-order valence-corrected chi connectivity index (χ4v) is 3.62. The molecule has 23 heavy (non-hydrogen) atoms. The maximum atomic E-state index is 12.9. The zero-order valence-electron chi connectivity index (χ0n) is 13.0. The first kappa shape index (κ1) is 15.5. The van der Waals surface area contributed by atoms with Crippen molar-refractivity contribution < 1.29 is 14.5 Å². The third-order valence-corrected chi connectivity index (χ3v) is 4.95. The van der Waals surface area contributed by atoms with Crippen molar-refractivity contribution in [2.24, 2.45) is 0 Å². The van der Waals surface area contributed by atoms with E-state index in [2.05, 4.69) is 0 Å². The largest absolute Gasteiger partial charge is 0.327 e. The van der Waals surface area contributed by atoms with Crippen molar-refractivity contribution in [3.8, 4) is 0 Å². The normalized spacial score (nSPS) is 20.4. The Morgan fingerprint density at radius 3 is 2.57 bits per heavy atom. The van der Waals surface area contributed by atoms with Gasteiger partial charge in [-0.05, 0) is 18.4 Å². The predicted octanol–water partition coefficient (Wildman–Crippen LogP) is 2.69. The van der Waals surface area contributed by atoms with E-state index < -0.39 is 10.5 Å². The van der Waals surface area contributed by atoms with Crippen molar-refractivity contribution in [2.45, 2.75) is 44.2 Å². The Kier molecular flexibility index (Phi) is 3.79. The molecule has 1 spiro atoms. The van der Waals surface area contributed by atoms with Gasteiger partial charge < -0.3 is 4.90 Å². The third kappa shape index (κ3) is 2.46. The average molecular weight is 317 g/mol. The van der Waals surface area contributed by atoms with E-state index in [0.29, 0.717) is 18.4 Å². The van der Waals surface area contributed by atoms with Crippen molar-refractivity contribution in [3.63, 3.8) is 0 Å². The minimum atomic E-state index is -0.712. The fraction of sp³-hybridized carbons (Fsp3) is 0.500. The van der Waals surface area contributed by atoms with Gasteiger partial charge in [0, 0.05) is 19.2 Å². The highest BCUT2D eigenvalue weighted by Gasteiger charge is 2.55. The molecule has 3 rings (SSSR count). The predicted molar refractivity (Wildman–Crippen MR) is 82.6 cm³/mol. The Balaban J connectivity index is 1.86. The molecule has 0 radical (unpaired) electrons. The number of carbonyl (C=O) groups excluding carboxylic acids is 2. The Labute approximate surface area is 134 Å². The Bertz CT molecular complexity index is 667. The monoisotopic (exact) mass is 317 g/mol. The summed E-state index contributed by atoms with van der Waals surface area (Å²) in [4.78, 5) is 38.5. The minimum absolute atomic E-state index is 0.0395. The van der Waals surface area contributed by atoms with Gasteiger partial charge in [0.05, 0.1) is 11.5 Å². The molecular weight excluding hydrogens is 298 g/mol. The molecule has 3 amide bonds. The van der Waals surface area contributed by atoms with Gasteiger partial charge in [0.2, 0.25) is 0 Å². The van der Waals surface area contributed by atoms with Crippen molar-refractivity contribution >= 4 is 17.6 Å². The van der Waals surface area contributed by atoms with Gasteiger partial charge >= 0.3 is 6.03 Å². The summed E-state index contributed by atoms with van der Waals surface area (Å²) in [5, 5.41) is 10.9. The molecule has 7 heteroatoms. The zero-order chi connectivity index (χ0) is 16.6. The minimum Gasteiger partial charge on any atom is -0.313 e. The highest BCUT2D eigenvalue weighted by atomic mass is 16.6. The van der Waals surface area contributed by atoms with Crippen molar-refractivity contribution in [1.29, 1.82) is 0 Å². The van der Waals surface area contributed by atoms with Gasteiger partial charge in [0.1, 0.15) is 5.54 Å². The van der Waals surface area contributed by atoms with Crippen LogP contribution in [0.2, 0.25) is 0 Å². The first-order valence-electron chi connectivity index (χ1n) is 7.79. The summed E-state index contributed by atoms with van der Waals surface area (Å²) in [6.07, 6.45) is 4.35. The quantitative estimate of drug-likeness (QED) is 0.487. The molecule has 0 aromatic heterocycles. The number of nitrogens with zero attached hydrogens (tertiary/aromatic N) is 3. The van der Waals surface area contributed by atoms with E-state index in [0.717, 1.165) is 19.3 Å². The van der Waals surface area contributed by atoms with Crippen LogP contribution in [0.4, 0.5) is 10.5 Å². The van der Waals surface area contributed by atoms with Gasteiger partial charge in [0.15, 0.2) is 0 Å². The number of hydrogen-bond acceptors (Lipinski definition) is 4. The number of carbonyl (C=O) groups is 2. The van der Waals surface area contributed by atoms with E-state index in [1.54, 1.807) is 24.1 Å². The number of likely N-dealkylation sites (N-methyl/N-ethyl adjacent to an activating group) is 1. The van der Waals surface area contributed by atoms with Crippen molar-refractivity contribution in [2.75, 3.05) is 7.05 Å². The highest BCUT2D eigenvalue weighted by Crippen LogP contribution is 2.39. The number of nitro benzene ring substituents is 1. The van der Waals surface area contributed by atoms with E-state index in [1.807, 2.05) is 0 Å². The summed E-state index contributed by atoms with van der Waals surface area (Å²) in [5.41, 5.74) is -0.166. The number of non-ortho nitro benzene ring substituents is 1. The van der Waals surface area contributed by atoms with Crippen LogP contribution < -0.4 is 0 Å². The first-order chi connectivity index (χ1) is 11.0. The second-order valence-electron chi connectivity index (χ2n) is 6.25. The molecule has 1 saturated heterocycles. The van der Waals surface area contributed by atoms with Crippen molar-refractivity contribution in [3.05, 3.63) is 39.9 Å². The molecule has 2 fully saturated rings. The molecule has 0 atom stereocenters. The Hall–Kier alpha value is -2.44. The Morgan fingerprint density at radius 2 is 1.91 bits per heavy atom. The maximum Gasteiger partial charge on any atom is 0.327 e. The lowest BCUT2D eigenvalue weighted by atomic mass is 9.81. The van der Waals surface area contributed by atoms with Crippen LogP contribution in [0, 0.1) is 10.1 Å². The topological polar surface area (TPSA) is 83.8 Å². The van der Waals surface area contributed by atoms with Gasteiger partial charge in [-0.15, -0.1) is 0 Å². The highest BCUT2D eigenvalue weighted by molar-refractivity contribution is 6.06.